The maximum absolute atomic E-state index is 5.72. The average Bonchev–Trinajstić information content (AvgIpc) is 2.43. The van der Waals surface area contributed by atoms with Crippen molar-refractivity contribution in [2.45, 2.75) is 32.2 Å². The Balaban J connectivity index is 2.26. The van der Waals surface area contributed by atoms with Crippen LogP contribution in [0, 0.1) is 0 Å². The first-order valence-electron chi connectivity index (χ1n) is 6.91. The monoisotopic (exact) mass is 248 g/mol. The molecule has 100 valence electrons. The normalized spacial score (nSPS) is 18.8. The molecule has 0 fully saturated rings. The first kappa shape index (κ1) is 13.4. The fourth-order valence-corrected chi connectivity index (χ4v) is 2.97. The zero-order chi connectivity index (χ0) is 13.0. The zero-order valence-corrected chi connectivity index (χ0v) is 11.5. The van der Waals surface area contributed by atoms with Gasteiger partial charge >= 0.3 is 0 Å². The van der Waals surface area contributed by atoms with E-state index >= 15 is 0 Å². The highest BCUT2D eigenvalue weighted by atomic mass is 16.5. The number of aryl methyl sites for hydroxylation is 1. The van der Waals surface area contributed by atoms with Crippen LogP contribution in [0.4, 0.5) is 0 Å². The lowest BCUT2D eigenvalue weighted by Crippen LogP contribution is -2.35. The van der Waals surface area contributed by atoms with Crippen molar-refractivity contribution < 1.29 is 4.74 Å². The zero-order valence-electron chi connectivity index (χ0n) is 11.5. The van der Waals surface area contributed by atoms with Crippen molar-refractivity contribution in [1.82, 2.24) is 4.90 Å². The molecule has 3 heteroatoms. The summed E-state index contributed by atoms with van der Waals surface area (Å²) in [7, 11) is 1.73. The molecule has 0 radical (unpaired) electrons. The molecule has 3 nitrogen and oxygen atoms in total. The standard InChI is InChI=1S/C15H24N2O/c1-3-17(10-9-16)15-6-4-5-12-11-13(18-2)7-8-14(12)15/h7-8,11,15H,3-6,9-10,16H2,1-2H3. The lowest BCUT2D eigenvalue weighted by Gasteiger charge is -2.35. The summed E-state index contributed by atoms with van der Waals surface area (Å²) in [6.45, 7) is 4.99. The van der Waals surface area contributed by atoms with Crippen LogP contribution in [0.15, 0.2) is 18.2 Å². The Morgan fingerprint density at radius 3 is 2.94 bits per heavy atom. The molecule has 18 heavy (non-hydrogen) atoms. The van der Waals surface area contributed by atoms with Gasteiger partial charge in [-0.3, -0.25) is 4.90 Å². The molecule has 0 heterocycles. The third-order valence-electron chi connectivity index (χ3n) is 3.90. The van der Waals surface area contributed by atoms with Gasteiger partial charge in [-0.25, -0.2) is 0 Å². The molecule has 0 aliphatic heterocycles. The molecule has 2 N–H and O–H groups in total. The summed E-state index contributed by atoms with van der Waals surface area (Å²) in [6, 6.07) is 7.04. The minimum absolute atomic E-state index is 0.535. The number of ether oxygens (including phenoxy) is 1. The van der Waals surface area contributed by atoms with Crippen molar-refractivity contribution in [3.63, 3.8) is 0 Å². The van der Waals surface area contributed by atoms with E-state index in [-0.39, 0.29) is 0 Å². The largest absolute Gasteiger partial charge is 0.497 e. The molecular formula is C15H24N2O. The molecule has 2 rings (SSSR count). The van der Waals surface area contributed by atoms with Gasteiger partial charge in [0.05, 0.1) is 7.11 Å². The predicted octanol–water partition coefficient (Wildman–Crippen LogP) is 2.35. The Labute approximate surface area is 110 Å². The lowest BCUT2D eigenvalue weighted by atomic mass is 9.86. The summed E-state index contributed by atoms with van der Waals surface area (Å²) in [5.41, 5.74) is 8.63. The summed E-state index contributed by atoms with van der Waals surface area (Å²) in [6.07, 6.45) is 3.67. The molecule has 1 aromatic carbocycles. The molecule has 0 saturated heterocycles. The molecule has 0 amide bonds. The molecule has 0 aromatic heterocycles. The highest BCUT2D eigenvalue weighted by Gasteiger charge is 2.24. The van der Waals surface area contributed by atoms with E-state index in [4.69, 9.17) is 10.5 Å². The van der Waals surface area contributed by atoms with Gasteiger partial charge in [0, 0.05) is 19.1 Å². The van der Waals surface area contributed by atoms with E-state index in [1.807, 2.05) is 0 Å². The first-order valence-corrected chi connectivity index (χ1v) is 6.91. The second-order valence-corrected chi connectivity index (χ2v) is 4.89. The number of fused-ring (bicyclic) bond motifs is 1. The van der Waals surface area contributed by atoms with Crippen molar-refractivity contribution >= 4 is 0 Å². The Hall–Kier alpha value is -1.06. The minimum Gasteiger partial charge on any atom is -0.497 e. The van der Waals surface area contributed by atoms with Gasteiger partial charge in [-0.2, -0.15) is 0 Å². The van der Waals surface area contributed by atoms with Crippen LogP contribution in [-0.4, -0.2) is 31.6 Å². The van der Waals surface area contributed by atoms with Gasteiger partial charge in [0.1, 0.15) is 5.75 Å². The van der Waals surface area contributed by atoms with Crippen LogP contribution >= 0.6 is 0 Å². The van der Waals surface area contributed by atoms with Crippen molar-refractivity contribution in [1.29, 1.82) is 0 Å². The van der Waals surface area contributed by atoms with Crippen molar-refractivity contribution in [2.75, 3.05) is 26.7 Å². The van der Waals surface area contributed by atoms with E-state index in [9.17, 15) is 0 Å². The smallest absolute Gasteiger partial charge is 0.119 e. The van der Waals surface area contributed by atoms with Crippen LogP contribution in [-0.2, 0) is 6.42 Å². The van der Waals surface area contributed by atoms with Crippen LogP contribution in [0.3, 0.4) is 0 Å². The van der Waals surface area contributed by atoms with Crippen LogP contribution in [0.2, 0.25) is 0 Å². The maximum atomic E-state index is 5.72. The number of nitrogens with two attached hydrogens (primary N) is 1. The van der Waals surface area contributed by atoms with Gasteiger partial charge in [-0.15, -0.1) is 0 Å². The average molecular weight is 248 g/mol. The first-order chi connectivity index (χ1) is 8.80. The van der Waals surface area contributed by atoms with Gasteiger partial charge in [-0.1, -0.05) is 13.0 Å². The number of nitrogens with zero attached hydrogens (tertiary/aromatic N) is 1. The van der Waals surface area contributed by atoms with Gasteiger partial charge in [0.25, 0.3) is 0 Å². The Morgan fingerprint density at radius 2 is 2.28 bits per heavy atom. The lowest BCUT2D eigenvalue weighted by molar-refractivity contribution is 0.193. The molecule has 1 unspecified atom stereocenters. The van der Waals surface area contributed by atoms with Crippen molar-refractivity contribution in [3.8, 4) is 5.75 Å². The van der Waals surface area contributed by atoms with Gasteiger partial charge in [0.15, 0.2) is 0 Å². The topological polar surface area (TPSA) is 38.5 Å². The highest BCUT2D eigenvalue weighted by molar-refractivity contribution is 5.39. The Bertz CT molecular complexity index is 392. The second-order valence-electron chi connectivity index (χ2n) is 4.89. The summed E-state index contributed by atoms with van der Waals surface area (Å²) in [5.74, 6) is 0.969. The second kappa shape index (κ2) is 6.21. The van der Waals surface area contributed by atoms with Crippen LogP contribution in [0.25, 0.3) is 0 Å². The molecule has 0 spiro atoms. The van der Waals surface area contributed by atoms with E-state index in [0.717, 1.165) is 25.4 Å². The van der Waals surface area contributed by atoms with E-state index in [1.54, 1.807) is 7.11 Å². The van der Waals surface area contributed by atoms with Gasteiger partial charge in [-0.05, 0) is 49.1 Å². The number of hydrogen-bond donors (Lipinski definition) is 1. The van der Waals surface area contributed by atoms with Gasteiger partial charge < -0.3 is 10.5 Å². The molecular weight excluding hydrogens is 224 g/mol. The predicted molar refractivity (Wildman–Crippen MR) is 75.0 cm³/mol. The Morgan fingerprint density at radius 1 is 1.44 bits per heavy atom. The quantitative estimate of drug-likeness (QED) is 0.869. The molecule has 0 saturated carbocycles. The van der Waals surface area contributed by atoms with E-state index < -0.39 is 0 Å². The van der Waals surface area contributed by atoms with E-state index in [2.05, 4.69) is 30.0 Å². The fourth-order valence-electron chi connectivity index (χ4n) is 2.97. The molecule has 1 atom stereocenters. The third kappa shape index (κ3) is 2.68. The molecule has 1 aromatic rings. The molecule has 0 bridgehead atoms. The number of rotatable bonds is 5. The van der Waals surface area contributed by atoms with Crippen LogP contribution < -0.4 is 10.5 Å². The summed E-state index contributed by atoms with van der Waals surface area (Å²) >= 11 is 0. The molecule has 1 aliphatic carbocycles. The highest BCUT2D eigenvalue weighted by Crippen LogP contribution is 2.35. The van der Waals surface area contributed by atoms with Crippen LogP contribution in [0.5, 0.6) is 5.75 Å². The minimum atomic E-state index is 0.535. The number of hydrogen-bond acceptors (Lipinski definition) is 3. The number of likely N-dealkylation sites (N-methyl/N-ethyl adjacent to an activating group) is 1. The van der Waals surface area contributed by atoms with Crippen LogP contribution in [0.1, 0.15) is 36.9 Å². The number of methoxy groups -OCH3 is 1. The maximum Gasteiger partial charge on any atom is 0.119 e. The van der Waals surface area contributed by atoms with Gasteiger partial charge in [0.2, 0.25) is 0 Å². The van der Waals surface area contributed by atoms with E-state index in [0.29, 0.717) is 6.04 Å². The Kier molecular flexibility index (Phi) is 4.61. The summed E-state index contributed by atoms with van der Waals surface area (Å²) in [4.78, 5) is 2.49. The number of benzene rings is 1. The summed E-state index contributed by atoms with van der Waals surface area (Å²) in [5, 5.41) is 0. The fraction of sp³-hybridized carbons (Fsp3) is 0.600. The summed E-state index contributed by atoms with van der Waals surface area (Å²) < 4.78 is 5.32. The van der Waals surface area contributed by atoms with Crippen molar-refractivity contribution in [3.05, 3.63) is 29.3 Å². The SMILES string of the molecule is CCN(CCN)C1CCCc2cc(OC)ccc21. The van der Waals surface area contributed by atoms with E-state index in [1.165, 1.54) is 30.4 Å². The third-order valence-corrected chi connectivity index (χ3v) is 3.90. The molecule has 1 aliphatic rings. The van der Waals surface area contributed by atoms with Crippen molar-refractivity contribution in [2.24, 2.45) is 5.73 Å².